The largest absolute Gasteiger partial charge is 0.345 e. The molecule has 1 saturated carbocycles. The van der Waals surface area contributed by atoms with E-state index in [1.807, 2.05) is 24.3 Å². The lowest BCUT2D eigenvalue weighted by Gasteiger charge is -2.43. The molecule has 0 aliphatic heterocycles. The van der Waals surface area contributed by atoms with Crippen molar-refractivity contribution < 1.29 is 18.4 Å². The molecule has 1 aliphatic carbocycles. The number of anilines is 1. The molecule has 1 fully saturated rings. The predicted molar refractivity (Wildman–Crippen MR) is 96.7 cm³/mol. The number of carbonyl (C=O) groups excluding carboxylic acids is 2. The van der Waals surface area contributed by atoms with Crippen LogP contribution >= 0.6 is 15.9 Å². The second-order valence-corrected chi connectivity index (χ2v) is 7.09. The van der Waals surface area contributed by atoms with Crippen molar-refractivity contribution >= 4 is 33.7 Å². The van der Waals surface area contributed by atoms with E-state index in [9.17, 15) is 18.4 Å². The number of carbonyl (C=O) groups is 2. The minimum absolute atomic E-state index is 0.133. The van der Waals surface area contributed by atoms with Gasteiger partial charge in [0.25, 0.3) is 5.91 Å². The first kappa shape index (κ1) is 19.3. The van der Waals surface area contributed by atoms with Crippen molar-refractivity contribution in [1.82, 2.24) is 15.0 Å². The van der Waals surface area contributed by atoms with Crippen LogP contribution in [0.4, 0.5) is 14.7 Å². The molecule has 3 rings (SSSR count). The van der Waals surface area contributed by atoms with E-state index in [0.717, 1.165) is 41.7 Å². The average molecular weight is 440 g/mol. The molecule has 3 N–H and O–H groups in total. The van der Waals surface area contributed by atoms with Crippen molar-refractivity contribution in [2.45, 2.75) is 31.2 Å². The number of benzene rings is 1. The number of hydrogen-bond acceptors (Lipinski definition) is 6. The Morgan fingerprint density at radius 2 is 1.78 bits per heavy atom. The van der Waals surface area contributed by atoms with Gasteiger partial charge in [0, 0.05) is 16.9 Å². The van der Waals surface area contributed by atoms with Crippen molar-refractivity contribution in [2.24, 2.45) is 5.84 Å². The lowest BCUT2D eigenvalue weighted by atomic mass is 9.72. The van der Waals surface area contributed by atoms with E-state index in [0.29, 0.717) is 0 Å². The van der Waals surface area contributed by atoms with E-state index >= 15 is 0 Å². The molecule has 1 aliphatic rings. The predicted octanol–water partition coefficient (Wildman–Crippen LogP) is 2.84. The van der Waals surface area contributed by atoms with E-state index in [4.69, 9.17) is 5.84 Å². The third-order valence-corrected chi connectivity index (χ3v) is 5.03. The maximum absolute atomic E-state index is 12.4. The van der Waals surface area contributed by atoms with Crippen molar-refractivity contribution in [3.8, 4) is 0 Å². The number of hydrazine groups is 1. The van der Waals surface area contributed by atoms with Crippen molar-refractivity contribution in [1.29, 1.82) is 0 Å². The SMILES string of the molecule is NN(C(=O)c1cnc(NC2(c3ccc(Br)cc3)CCC2)nc1)C(=O)C(F)F. The molecule has 27 heavy (non-hydrogen) atoms. The first-order chi connectivity index (χ1) is 12.8. The van der Waals surface area contributed by atoms with Gasteiger partial charge >= 0.3 is 12.3 Å². The molecule has 142 valence electrons. The molecule has 7 nitrogen and oxygen atoms in total. The van der Waals surface area contributed by atoms with Gasteiger partial charge in [0.05, 0.1) is 11.1 Å². The highest BCUT2D eigenvalue weighted by molar-refractivity contribution is 9.10. The Kier molecular flexibility index (Phi) is 5.47. The van der Waals surface area contributed by atoms with E-state index < -0.39 is 18.2 Å². The van der Waals surface area contributed by atoms with Crippen LogP contribution in [0.1, 0.15) is 35.2 Å². The zero-order valence-electron chi connectivity index (χ0n) is 14.0. The highest BCUT2D eigenvalue weighted by Crippen LogP contribution is 2.43. The standard InChI is InChI=1S/C17H16BrF2N5O2/c18-12-4-2-11(3-5-12)17(6-1-7-17)24-16-22-8-10(9-23-16)14(26)25(21)15(27)13(19)20/h2-5,8-9,13H,1,6-7,21H2,(H,22,23,24). The molecule has 10 heteroatoms. The van der Waals surface area contributed by atoms with Crippen LogP contribution in [0, 0.1) is 0 Å². The van der Waals surface area contributed by atoms with Gasteiger partial charge in [-0.05, 0) is 37.0 Å². The number of hydrogen-bond donors (Lipinski definition) is 2. The molecular weight excluding hydrogens is 424 g/mol. The summed E-state index contributed by atoms with van der Waals surface area (Å²) < 4.78 is 25.7. The fourth-order valence-corrected chi connectivity index (χ4v) is 3.11. The van der Waals surface area contributed by atoms with Crippen LogP contribution in [-0.2, 0) is 10.3 Å². The molecule has 0 unspecified atom stereocenters. The number of imide groups is 1. The van der Waals surface area contributed by atoms with Gasteiger partial charge < -0.3 is 5.32 Å². The summed E-state index contributed by atoms with van der Waals surface area (Å²) in [7, 11) is 0. The number of nitrogens with zero attached hydrogens (tertiary/aromatic N) is 3. The zero-order valence-corrected chi connectivity index (χ0v) is 15.6. The fraction of sp³-hybridized carbons (Fsp3) is 0.294. The maximum Gasteiger partial charge on any atom is 0.317 e. The van der Waals surface area contributed by atoms with Gasteiger partial charge in [0.1, 0.15) is 0 Å². The fourth-order valence-electron chi connectivity index (χ4n) is 2.85. The molecule has 0 atom stereocenters. The summed E-state index contributed by atoms with van der Waals surface area (Å²) in [5.41, 5.74) is 0.636. The summed E-state index contributed by atoms with van der Waals surface area (Å²) in [6.45, 7) is 0. The number of alkyl halides is 2. The number of nitrogens with two attached hydrogens (primary N) is 1. The van der Waals surface area contributed by atoms with Gasteiger partial charge in [-0.3, -0.25) is 9.59 Å². The van der Waals surface area contributed by atoms with Crippen molar-refractivity contribution in [3.63, 3.8) is 0 Å². The number of aromatic nitrogens is 2. The summed E-state index contributed by atoms with van der Waals surface area (Å²) in [6, 6.07) is 7.93. The Labute approximate surface area is 162 Å². The topological polar surface area (TPSA) is 101 Å². The number of rotatable bonds is 5. The lowest BCUT2D eigenvalue weighted by Crippen LogP contribution is -2.45. The van der Waals surface area contributed by atoms with Crippen LogP contribution in [-0.4, -0.2) is 33.2 Å². The quantitative estimate of drug-likeness (QED) is 0.421. The monoisotopic (exact) mass is 439 g/mol. The van der Waals surface area contributed by atoms with Gasteiger partial charge in [0.15, 0.2) is 0 Å². The summed E-state index contributed by atoms with van der Waals surface area (Å²) in [6.07, 6.45) is 1.77. The third-order valence-electron chi connectivity index (χ3n) is 4.50. The first-order valence-corrected chi connectivity index (χ1v) is 8.89. The second-order valence-electron chi connectivity index (χ2n) is 6.18. The number of amides is 2. The molecular formula is C17H16BrF2N5O2. The van der Waals surface area contributed by atoms with E-state index in [1.54, 1.807) is 0 Å². The molecule has 1 heterocycles. The lowest BCUT2D eigenvalue weighted by molar-refractivity contribution is -0.140. The Bertz CT molecular complexity index is 841. The zero-order chi connectivity index (χ0) is 19.6. The van der Waals surface area contributed by atoms with Crippen LogP contribution in [0.5, 0.6) is 0 Å². The molecule has 0 radical (unpaired) electrons. The van der Waals surface area contributed by atoms with Gasteiger partial charge in [-0.15, -0.1) is 0 Å². The highest BCUT2D eigenvalue weighted by atomic mass is 79.9. The molecule has 1 aromatic heterocycles. The van der Waals surface area contributed by atoms with Crippen LogP contribution in [0.25, 0.3) is 0 Å². The molecule has 2 aromatic rings. The number of halogens is 3. The maximum atomic E-state index is 12.4. The summed E-state index contributed by atoms with van der Waals surface area (Å²) >= 11 is 3.41. The van der Waals surface area contributed by atoms with E-state index in [-0.39, 0.29) is 22.1 Å². The Balaban J connectivity index is 1.74. The highest BCUT2D eigenvalue weighted by Gasteiger charge is 2.39. The van der Waals surface area contributed by atoms with Gasteiger partial charge in [-0.1, -0.05) is 28.1 Å². The van der Waals surface area contributed by atoms with E-state index in [1.165, 1.54) is 0 Å². The molecule has 0 spiro atoms. The summed E-state index contributed by atoms with van der Waals surface area (Å²) in [4.78, 5) is 31.2. The number of nitrogens with one attached hydrogen (secondary N) is 1. The molecule has 2 amide bonds. The van der Waals surface area contributed by atoms with Crippen molar-refractivity contribution in [3.05, 3.63) is 52.3 Å². The summed E-state index contributed by atoms with van der Waals surface area (Å²) in [5.74, 6) is 2.54. The van der Waals surface area contributed by atoms with Gasteiger partial charge in [0.2, 0.25) is 5.95 Å². The Morgan fingerprint density at radius 3 is 2.26 bits per heavy atom. The van der Waals surface area contributed by atoms with Crippen LogP contribution in [0.15, 0.2) is 41.1 Å². The van der Waals surface area contributed by atoms with Crippen LogP contribution in [0.3, 0.4) is 0 Å². The Morgan fingerprint density at radius 1 is 1.19 bits per heavy atom. The normalized spacial score (nSPS) is 15.1. The van der Waals surface area contributed by atoms with Crippen LogP contribution in [0.2, 0.25) is 0 Å². The average Bonchev–Trinajstić information content (AvgIpc) is 2.64. The van der Waals surface area contributed by atoms with E-state index in [2.05, 4.69) is 31.2 Å². The van der Waals surface area contributed by atoms with Gasteiger partial charge in [-0.25, -0.2) is 20.8 Å². The molecule has 0 bridgehead atoms. The first-order valence-electron chi connectivity index (χ1n) is 8.10. The van der Waals surface area contributed by atoms with Crippen LogP contribution < -0.4 is 11.2 Å². The minimum atomic E-state index is -3.37. The third kappa shape index (κ3) is 3.96. The second kappa shape index (κ2) is 7.65. The molecule has 1 aromatic carbocycles. The smallest absolute Gasteiger partial charge is 0.317 e. The molecule has 0 saturated heterocycles. The van der Waals surface area contributed by atoms with Gasteiger partial charge in [-0.2, -0.15) is 8.78 Å². The van der Waals surface area contributed by atoms with Crippen molar-refractivity contribution in [2.75, 3.05) is 5.32 Å². The minimum Gasteiger partial charge on any atom is -0.345 e. The summed E-state index contributed by atoms with van der Waals surface area (Å²) in [5, 5.41) is 3.15. The Hall–Kier alpha value is -2.46.